The van der Waals surface area contributed by atoms with Crippen molar-refractivity contribution in [1.82, 2.24) is 0 Å². The number of anilines is 2. The van der Waals surface area contributed by atoms with Crippen molar-refractivity contribution in [2.45, 2.75) is 19.8 Å². The molecule has 0 radical (unpaired) electrons. The van der Waals surface area contributed by atoms with E-state index in [1.807, 2.05) is 24.3 Å². The van der Waals surface area contributed by atoms with Gasteiger partial charge in [-0.3, -0.25) is 19.8 Å². The second kappa shape index (κ2) is 5.01. The Balaban J connectivity index is 2.28. The van der Waals surface area contributed by atoms with Crippen LogP contribution in [-0.2, 0) is 17.6 Å². The van der Waals surface area contributed by atoms with Crippen LogP contribution in [-0.4, -0.2) is 10.8 Å². The van der Waals surface area contributed by atoms with Gasteiger partial charge in [0, 0.05) is 13.0 Å². The largest absolute Gasteiger partial charge is 0.281 e. The van der Waals surface area contributed by atoms with Crippen molar-refractivity contribution in [2.75, 3.05) is 4.90 Å². The fraction of sp³-hybridized carbons (Fsp3) is 0.188. The molecule has 0 N–H and O–H groups in total. The number of carbonyl (C=O) groups is 1. The van der Waals surface area contributed by atoms with Crippen molar-refractivity contribution in [2.24, 2.45) is 0 Å². The molecule has 3 rings (SSSR count). The van der Waals surface area contributed by atoms with E-state index >= 15 is 0 Å². The summed E-state index contributed by atoms with van der Waals surface area (Å²) >= 11 is 0. The van der Waals surface area contributed by atoms with Crippen molar-refractivity contribution in [3.8, 4) is 0 Å². The van der Waals surface area contributed by atoms with E-state index in [1.165, 1.54) is 13.0 Å². The SMILES string of the molecule is CC(=O)N1c2ccccc2CCc2c1cccc2[N+](=O)[O-]. The third-order valence-corrected chi connectivity index (χ3v) is 3.76. The van der Waals surface area contributed by atoms with Gasteiger partial charge in [-0.05, 0) is 30.5 Å². The van der Waals surface area contributed by atoms with Crippen LogP contribution in [0.25, 0.3) is 0 Å². The van der Waals surface area contributed by atoms with Crippen molar-refractivity contribution in [3.05, 3.63) is 63.7 Å². The number of fused-ring (bicyclic) bond motifs is 2. The van der Waals surface area contributed by atoms with E-state index < -0.39 is 0 Å². The van der Waals surface area contributed by atoms with Gasteiger partial charge in [-0.1, -0.05) is 24.3 Å². The zero-order valence-electron chi connectivity index (χ0n) is 11.6. The molecule has 0 bridgehead atoms. The molecule has 0 saturated carbocycles. The van der Waals surface area contributed by atoms with Gasteiger partial charge in [0.25, 0.3) is 5.69 Å². The zero-order chi connectivity index (χ0) is 15.0. The molecule has 21 heavy (non-hydrogen) atoms. The highest BCUT2D eigenvalue weighted by Crippen LogP contribution is 2.39. The highest BCUT2D eigenvalue weighted by atomic mass is 16.6. The van der Waals surface area contributed by atoms with Gasteiger partial charge in [0.15, 0.2) is 0 Å². The number of rotatable bonds is 1. The van der Waals surface area contributed by atoms with Crippen LogP contribution in [0.15, 0.2) is 42.5 Å². The molecular formula is C16H14N2O3. The number of nitro groups is 1. The number of hydrogen-bond donors (Lipinski definition) is 0. The zero-order valence-corrected chi connectivity index (χ0v) is 11.6. The maximum atomic E-state index is 12.1. The Hall–Kier alpha value is -2.69. The number of aryl methyl sites for hydroxylation is 1. The van der Waals surface area contributed by atoms with Gasteiger partial charge in [-0.15, -0.1) is 0 Å². The number of benzene rings is 2. The summed E-state index contributed by atoms with van der Waals surface area (Å²) in [7, 11) is 0. The Morgan fingerprint density at radius 2 is 1.81 bits per heavy atom. The van der Waals surface area contributed by atoms with Gasteiger partial charge in [0.2, 0.25) is 5.91 Å². The van der Waals surface area contributed by atoms with Gasteiger partial charge < -0.3 is 0 Å². The van der Waals surface area contributed by atoms with Crippen LogP contribution < -0.4 is 4.90 Å². The minimum atomic E-state index is -0.382. The number of carbonyl (C=O) groups excluding carboxylic acids is 1. The molecule has 1 aliphatic heterocycles. The van der Waals surface area contributed by atoms with Crippen LogP contribution in [0.2, 0.25) is 0 Å². The fourth-order valence-corrected chi connectivity index (χ4v) is 2.87. The normalized spacial score (nSPS) is 13.1. The number of hydrogen-bond acceptors (Lipinski definition) is 3. The maximum absolute atomic E-state index is 12.1. The summed E-state index contributed by atoms with van der Waals surface area (Å²) in [6.07, 6.45) is 1.23. The number of amides is 1. The van der Waals surface area contributed by atoms with Crippen LogP contribution in [0.4, 0.5) is 17.1 Å². The smallest absolute Gasteiger partial charge is 0.274 e. The average molecular weight is 282 g/mol. The summed E-state index contributed by atoms with van der Waals surface area (Å²) in [5.74, 6) is -0.147. The Morgan fingerprint density at radius 3 is 2.52 bits per heavy atom. The Labute approximate surface area is 122 Å². The Bertz CT molecular complexity index is 740. The van der Waals surface area contributed by atoms with Crippen molar-refractivity contribution in [3.63, 3.8) is 0 Å². The molecule has 0 atom stereocenters. The molecule has 1 amide bonds. The summed E-state index contributed by atoms with van der Waals surface area (Å²) in [4.78, 5) is 24.5. The molecule has 1 heterocycles. The molecule has 5 nitrogen and oxygen atoms in total. The lowest BCUT2D eigenvalue weighted by Gasteiger charge is -2.23. The van der Waals surface area contributed by atoms with Crippen molar-refractivity contribution >= 4 is 23.0 Å². The van der Waals surface area contributed by atoms with Crippen LogP contribution in [0, 0.1) is 10.1 Å². The van der Waals surface area contributed by atoms with E-state index in [0.29, 0.717) is 24.1 Å². The third kappa shape index (κ3) is 2.16. The first-order chi connectivity index (χ1) is 10.1. The Morgan fingerprint density at radius 1 is 1.10 bits per heavy atom. The quantitative estimate of drug-likeness (QED) is 0.595. The van der Waals surface area contributed by atoms with E-state index in [9.17, 15) is 14.9 Å². The van der Waals surface area contributed by atoms with E-state index in [2.05, 4.69) is 0 Å². The molecule has 1 aliphatic rings. The predicted octanol–water partition coefficient (Wildman–Crippen LogP) is 3.38. The van der Waals surface area contributed by atoms with E-state index in [-0.39, 0.29) is 16.5 Å². The van der Waals surface area contributed by atoms with Crippen LogP contribution in [0.1, 0.15) is 18.1 Å². The lowest BCUT2D eigenvalue weighted by molar-refractivity contribution is -0.385. The molecule has 0 saturated heterocycles. The number of nitro benzene ring substituents is 1. The first kappa shape index (κ1) is 13.3. The standard InChI is InChI=1S/C16H14N2O3/c1-11(19)17-14-6-3-2-5-12(14)9-10-13-15(17)7-4-8-16(13)18(20)21/h2-8H,9-10H2,1H3. The van der Waals surface area contributed by atoms with Gasteiger partial charge in [0.05, 0.1) is 21.9 Å². The molecule has 5 heteroatoms. The van der Waals surface area contributed by atoms with E-state index in [1.54, 1.807) is 17.0 Å². The highest BCUT2D eigenvalue weighted by molar-refractivity contribution is 6.01. The lowest BCUT2D eigenvalue weighted by atomic mass is 10.0. The lowest BCUT2D eigenvalue weighted by Crippen LogP contribution is -2.23. The van der Waals surface area contributed by atoms with Gasteiger partial charge >= 0.3 is 0 Å². The third-order valence-electron chi connectivity index (χ3n) is 3.76. The number of nitrogens with zero attached hydrogens (tertiary/aromatic N) is 2. The van der Waals surface area contributed by atoms with E-state index in [4.69, 9.17) is 0 Å². The maximum Gasteiger partial charge on any atom is 0.274 e. The summed E-state index contributed by atoms with van der Waals surface area (Å²) in [5, 5.41) is 11.2. The fourth-order valence-electron chi connectivity index (χ4n) is 2.87. The average Bonchev–Trinajstić information content (AvgIpc) is 2.63. The summed E-state index contributed by atoms with van der Waals surface area (Å²) < 4.78 is 0. The summed E-state index contributed by atoms with van der Waals surface area (Å²) in [6, 6.07) is 12.5. The number of para-hydroxylation sites is 1. The highest BCUT2D eigenvalue weighted by Gasteiger charge is 2.28. The summed E-state index contributed by atoms with van der Waals surface area (Å²) in [5.41, 5.74) is 3.14. The molecule has 106 valence electrons. The first-order valence-corrected chi connectivity index (χ1v) is 6.74. The topological polar surface area (TPSA) is 63.5 Å². The Kier molecular flexibility index (Phi) is 3.17. The monoisotopic (exact) mass is 282 g/mol. The molecular weight excluding hydrogens is 268 g/mol. The van der Waals surface area contributed by atoms with Gasteiger partial charge in [0.1, 0.15) is 0 Å². The molecule has 0 spiro atoms. The molecule has 2 aromatic rings. The summed E-state index contributed by atoms with van der Waals surface area (Å²) in [6.45, 7) is 1.48. The van der Waals surface area contributed by atoms with Crippen molar-refractivity contribution in [1.29, 1.82) is 0 Å². The van der Waals surface area contributed by atoms with Crippen molar-refractivity contribution < 1.29 is 9.72 Å². The minimum absolute atomic E-state index is 0.0755. The molecule has 0 unspecified atom stereocenters. The molecule has 0 aliphatic carbocycles. The molecule has 0 fully saturated rings. The van der Waals surface area contributed by atoms with Crippen LogP contribution in [0.5, 0.6) is 0 Å². The van der Waals surface area contributed by atoms with Gasteiger partial charge in [-0.25, -0.2) is 0 Å². The van der Waals surface area contributed by atoms with Crippen LogP contribution in [0.3, 0.4) is 0 Å². The van der Waals surface area contributed by atoms with Crippen LogP contribution >= 0.6 is 0 Å². The predicted molar refractivity (Wildman–Crippen MR) is 79.8 cm³/mol. The van der Waals surface area contributed by atoms with E-state index in [0.717, 1.165) is 11.3 Å². The van der Waals surface area contributed by atoms with Gasteiger partial charge in [-0.2, -0.15) is 0 Å². The second-order valence-corrected chi connectivity index (χ2v) is 5.02. The minimum Gasteiger partial charge on any atom is -0.281 e. The first-order valence-electron chi connectivity index (χ1n) is 6.74. The second-order valence-electron chi connectivity index (χ2n) is 5.02. The molecule has 2 aromatic carbocycles. The molecule has 0 aromatic heterocycles.